The second kappa shape index (κ2) is 7.14. The van der Waals surface area contributed by atoms with Crippen molar-refractivity contribution in [2.24, 2.45) is 0 Å². The SMILES string of the molecule is CC[C@H]1CO[C@@H](c2cccc([N+](=O)[O-])c2)N1S(=O)(=O)c1ccc(C)cc1. The van der Waals surface area contributed by atoms with Crippen molar-refractivity contribution < 1.29 is 18.1 Å². The molecule has 1 saturated heterocycles. The number of sulfonamides is 1. The minimum atomic E-state index is -3.81. The van der Waals surface area contributed by atoms with E-state index < -0.39 is 21.2 Å². The lowest BCUT2D eigenvalue weighted by Crippen LogP contribution is -2.38. The number of hydrogen-bond acceptors (Lipinski definition) is 5. The highest BCUT2D eigenvalue weighted by molar-refractivity contribution is 7.89. The zero-order chi connectivity index (χ0) is 18.9. The van der Waals surface area contributed by atoms with Crippen molar-refractivity contribution in [2.75, 3.05) is 6.61 Å². The molecule has 0 bridgehead atoms. The summed E-state index contributed by atoms with van der Waals surface area (Å²) in [5, 5.41) is 11.1. The van der Waals surface area contributed by atoms with Gasteiger partial charge in [0, 0.05) is 17.7 Å². The van der Waals surface area contributed by atoms with Crippen LogP contribution in [0.15, 0.2) is 53.4 Å². The van der Waals surface area contributed by atoms with Crippen molar-refractivity contribution in [1.29, 1.82) is 0 Å². The molecule has 0 N–H and O–H groups in total. The van der Waals surface area contributed by atoms with Gasteiger partial charge in [0.05, 0.1) is 22.5 Å². The smallest absolute Gasteiger partial charge is 0.269 e. The van der Waals surface area contributed by atoms with Gasteiger partial charge in [-0.15, -0.1) is 0 Å². The number of rotatable bonds is 5. The Bertz CT molecular complexity index is 911. The van der Waals surface area contributed by atoms with Gasteiger partial charge in [-0.05, 0) is 25.5 Å². The molecule has 7 nitrogen and oxygen atoms in total. The number of nitro benzene ring substituents is 1. The van der Waals surface area contributed by atoms with Crippen LogP contribution in [0.5, 0.6) is 0 Å². The Balaban J connectivity index is 2.05. The highest BCUT2D eigenvalue weighted by Crippen LogP contribution is 2.38. The van der Waals surface area contributed by atoms with E-state index in [1.165, 1.54) is 22.5 Å². The summed E-state index contributed by atoms with van der Waals surface area (Å²) >= 11 is 0. The van der Waals surface area contributed by atoms with E-state index in [9.17, 15) is 18.5 Å². The number of aryl methyl sites for hydroxylation is 1. The van der Waals surface area contributed by atoms with E-state index in [2.05, 4.69) is 0 Å². The molecule has 2 aromatic rings. The molecule has 1 fully saturated rings. The molecular weight excluding hydrogens is 356 g/mol. The third-order valence-corrected chi connectivity index (χ3v) is 6.38. The van der Waals surface area contributed by atoms with E-state index in [0.29, 0.717) is 12.0 Å². The van der Waals surface area contributed by atoms with Crippen LogP contribution in [0.4, 0.5) is 5.69 Å². The molecule has 0 aliphatic carbocycles. The average molecular weight is 376 g/mol. The number of nitro groups is 1. The van der Waals surface area contributed by atoms with Gasteiger partial charge in [0.2, 0.25) is 10.0 Å². The molecular formula is C18H20N2O5S. The fourth-order valence-electron chi connectivity index (χ4n) is 3.03. The first-order chi connectivity index (χ1) is 12.3. The van der Waals surface area contributed by atoms with Crippen LogP contribution in [0.2, 0.25) is 0 Å². The number of hydrogen-bond donors (Lipinski definition) is 0. The zero-order valence-corrected chi connectivity index (χ0v) is 15.3. The monoisotopic (exact) mass is 376 g/mol. The first-order valence-corrected chi connectivity index (χ1v) is 9.74. The summed E-state index contributed by atoms with van der Waals surface area (Å²) in [5.41, 5.74) is 1.31. The number of non-ortho nitro benzene ring substituents is 1. The van der Waals surface area contributed by atoms with Gasteiger partial charge in [-0.25, -0.2) is 8.42 Å². The molecule has 3 rings (SSSR count). The molecule has 0 aromatic heterocycles. The quantitative estimate of drug-likeness (QED) is 0.589. The summed E-state index contributed by atoms with van der Waals surface area (Å²) in [6.45, 7) is 4.02. The van der Waals surface area contributed by atoms with Crippen molar-refractivity contribution in [1.82, 2.24) is 4.31 Å². The van der Waals surface area contributed by atoms with Gasteiger partial charge < -0.3 is 4.74 Å². The van der Waals surface area contributed by atoms with Gasteiger partial charge in [-0.3, -0.25) is 10.1 Å². The molecule has 1 aliphatic heterocycles. The molecule has 0 saturated carbocycles. The van der Waals surface area contributed by atoms with E-state index in [0.717, 1.165) is 5.56 Å². The average Bonchev–Trinajstić information content (AvgIpc) is 3.07. The lowest BCUT2D eigenvalue weighted by atomic mass is 10.1. The third-order valence-electron chi connectivity index (χ3n) is 4.47. The minimum Gasteiger partial charge on any atom is -0.356 e. The highest BCUT2D eigenvalue weighted by atomic mass is 32.2. The van der Waals surface area contributed by atoms with Gasteiger partial charge >= 0.3 is 0 Å². The van der Waals surface area contributed by atoms with Crippen LogP contribution in [0.3, 0.4) is 0 Å². The maximum absolute atomic E-state index is 13.2. The third kappa shape index (κ3) is 3.35. The summed E-state index contributed by atoms with van der Waals surface area (Å²) in [5.74, 6) is 0. The van der Waals surface area contributed by atoms with Gasteiger partial charge in [-0.1, -0.05) is 36.8 Å². The summed E-state index contributed by atoms with van der Waals surface area (Å²) < 4.78 is 33.5. The minimum absolute atomic E-state index is 0.0984. The maximum Gasteiger partial charge on any atom is 0.269 e. The fraction of sp³-hybridized carbons (Fsp3) is 0.333. The first kappa shape index (κ1) is 18.5. The van der Waals surface area contributed by atoms with E-state index in [4.69, 9.17) is 4.74 Å². The van der Waals surface area contributed by atoms with E-state index in [1.54, 1.807) is 30.3 Å². The topological polar surface area (TPSA) is 89.8 Å². The van der Waals surface area contributed by atoms with Crippen molar-refractivity contribution in [3.63, 3.8) is 0 Å². The van der Waals surface area contributed by atoms with E-state index in [-0.39, 0.29) is 23.2 Å². The number of benzene rings is 2. The molecule has 2 atom stereocenters. The van der Waals surface area contributed by atoms with Crippen molar-refractivity contribution in [3.8, 4) is 0 Å². The van der Waals surface area contributed by atoms with Crippen molar-refractivity contribution in [2.45, 2.75) is 37.4 Å². The van der Waals surface area contributed by atoms with Gasteiger partial charge in [0.1, 0.15) is 0 Å². The molecule has 0 spiro atoms. The van der Waals surface area contributed by atoms with E-state index >= 15 is 0 Å². The van der Waals surface area contributed by atoms with Crippen LogP contribution in [0.25, 0.3) is 0 Å². The van der Waals surface area contributed by atoms with Crippen molar-refractivity contribution >= 4 is 15.7 Å². The van der Waals surface area contributed by atoms with Crippen LogP contribution < -0.4 is 0 Å². The summed E-state index contributed by atoms with van der Waals surface area (Å²) in [6.07, 6.45) is -0.303. The Morgan fingerprint density at radius 2 is 1.92 bits per heavy atom. The van der Waals surface area contributed by atoms with Crippen LogP contribution >= 0.6 is 0 Å². The first-order valence-electron chi connectivity index (χ1n) is 8.30. The van der Waals surface area contributed by atoms with Crippen LogP contribution in [-0.2, 0) is 14.8 Å². The predicted molar refractivity (Wildman–Crippen MR) is 96.1 cm³/mol. The van der Waals surface area contributed by atoms with E-state index in [1.807, 2.05) is 13.8 Å². The van der Waals surface area contributed by atoms with Gasteiger partial charge in [0.25, 0.3) is 5.69 Å². The highest BCUT2D eigenvalue weighted by Gasteiger charge is 2.43. The van der Waals surface area contributed by atoms with Gasteiger partial charge in [-0.2, -0.15) is 4.31 Å². The Morgan fingerprint density at radius 1 is 1.23 bits per heavy atom. The Labute approximate surface area is 152 Å². The van der Waals surface area contributed by atoms with Crippen LogP contribution in [0.1, 0.15) is 30.7 Å². The molecule has 138 valence electrons. The lowest BCUT2D eigenvalue weighted by Gasteiger charge is -2.27. The van der Waals surface area contributed by atoms with Crippen molar-refractivity contribution in [3.05, 3.63) is 69.8 Å². The molecule has 0 amide bonds. The summed E-state index contributed by atoms with van der Waals surface area (Å²) in [7, 11) is -3.81. The second-order valence-corrected chi connectivity index (χ2v) is 8.09. The summed E-state index contributed by atoms with van der Waals surface area (Å²) in [4.78, 5) is 10.7. The maximum atomic E-state index is 13.2. The molecule has 1 heterocycles. The Morgan fingerprint density at radius 3 is 2.54 bits per heavy atom. The second-order valence-electron chi connectivity index (χ2n) is 6.25. The van der Waals surface area contributed by atoms with Crippen LogP contribution in [0, 0.1) is 17.0 Å². The number of nitrogens with zero attached hydrogens (tertiary/aromatic N) is 2. The predicted octanol–water partition coefficient (Wildman–Crippen LogP) is 3.40. The molecule has 8 heteroatoms. The molecule has 26 heavy (non-hydrogen) atoms. The number of ether oxygens (including phenoxy) is 1. The zero-order valence-electron chi connectivity index (χ0n) is 14.5. The fourth-order valence-corrected chi connectivity index (χ4v) is 4.79. The normalized spacial score (nSPS) is 21.0. The standard InChI is InChI=1S/C18H20N2O5S/c1-3-15-12-25-18(14-5-4-6-16(11-14)20(21)22)19(15)26(23,24)17-9-7-13(2)8-10-17/h4-11,15,18H,3,12H2,1-2H3/t15-,18-/m0/s1. The van der Waals surface area contributed by atoms with Crippen LogP contribution in [-0.4, -0.2) is 30.3 Å². The largest absolute Gasteiger partial charge is 0.356 e. The molecule has 0 unspecified atom stereocenters. The lowest BCUT2D eigenvalue weighted by molar-refractivity contribution is -0.385. The molecule has 1 aliphatic rings. The Kier molecular flexibility index (Phi) is 5.08. The molecule has 0 radical (unpaired) electrons. The van der Waals surface area contributed by atoms with Gasteiger partial charge in [0.15, 0.2) is 6.23 Å². The summed E-state index contributed by atoms with van der Waals surface area (Å²) in [6, 6.07) is 12.2. The molecule has 2 aromatic carbocycles. The Hall–Kier alpha value is -2.29.